The second-order valence-electron chi connectivity index (χ2n) is 6.24. The Morgan fingerprint density at radius 2 is 2.00 bits per heavy atom. The first kappa shape index (κ1) is 14.9. The lowest BCUT2D eigenvalue weighted by atomic mass is 10.00. The summed E-state index contributed by atoms with van der Waals surface area (Å²) < 4.78 is 2.11. The van der Waals surface area contributed by atoms with Gasteiger partial charge in [0.25, 0.3) is 0 Å². The lowest BCUT2D eigenvalue weighted by Crippen LogP contribution is -2.42. The number of hydrogen-bond donors (Lipinski definition) is 1. The molecule has 1 aromatic heterocycles. The summed E-state index contributed by atoms with van der Waals surface area (Å²) in [5, 5.41) is 11.3. The third-order valence-corrected chi connectivity index (χ3v) is 4.72. The Kier molecular flexibility index (Phi) is 4.02. The zero-order chi connectivity index (χ0) is 16.4. The number of fused-ring (bicyclic) bond motifs is 1. The molecule has 2 aliphatic rings. The zero-order valence-electron chi connectivity index (χ0n) is 13.6. The Balaban J connectivity index is 1.34. The molecule has 124 valence electrons. The van der Waals surface area contributed by atoms with Crippen molar-refractivity contribution in [1.82, 2.24) is 25.0 Å². The van der Waals surface area contributed by atoms with Gasteiger partial charge < -0.3 is 14.8 Å². The highest BCUT2D eigenvalue weighted by molar-refractivity contribution is 5.76. The van der Waals surface area contributed by atoms with E-state index in [1.54, 1.807) is 0 Å². The molecule has 2 aromatic rings. The summed E-state index contributed by atoms with van der Waals surface area (Å²) in [6, 6.07) is 10.3. The number of urea groups is 1. The van der Waals surface area contributed by atoms with Gasteiger partial charge in [-0.2, -0.15) is 0 Å². The number of nitrogens with zero attached hydrogens (tertiary/aromatic N) is 4. The Morgan fingerprint density at radius 1 is 1.12 bits per heavy atom. The Hall–Kier alpha value is -2.63. The molecular formula is C18H21N5O. The van der Waals surface area contributed by atoms with Gasteiger partial charge in [0, 0.05) is 26.1 Å². The normalized spacial score (nSPS) is 16.7. The number of aryl methyl sites for hydroxylation is 1. The number of hydrogen-bond acceptors (Lipinski definition) is 3. The van der Waals surface area contributed by atoms with Crippen LogP contribution < -0.4 is 5.32 Å². The molecule has 2 amide bonds. The number of nitrogens with one attached hydrogen (secondary N) is 1. The van der Waals surface area contributed by atoms with Crippen molar-refractivity contribution in [2.45, 2.75) is 32.4 Å². The predicted molar refractivity (Wildman–Crippen MR) is 91.2 cm³/mol. The SMILES string of the molecule is O=C(NCc1nnc2n1CCC2)N1CC=C(c2ccccc2)CC1. The van der Waals surface area contributed by atoms with Gasteiger partial charge in [-0.15, -0.1) is 10.2 Å². The van der Waals surface area contributed by atoms with E-state index in [9.17, 15) is 4.79 Å². The molecule has 24 heavy (non-hydrogen) atoms. The van der Waals surface area contributed by atoms with Gasteiger partial charge in [0.15, 0.2) is 5.82 Å². The summed E-state index contributed by atoms with van der Waals surface area (Å²) in [5.41, 5.74) is 2.56. The Labute approximate surface area is 141 Å². The average Bonchev–Trinajstić information content (AvgIpc) is 3.25. The Bertz CT molecular complexity index is 765. The number of rotatable bonds is 3. The van der Waals surface area contributed by atoms with Crippen molar-refractivity contribution in [2.75, 3.05) is 13.1 Å². The molecular weight excluding hydrogens is 302 g/mol. The summed E-state index contributed by atoms with van der Waals surface area (Å²) in [4.78, 5) is 14.2. The smallest absolute Gasteiger partial charge is 0.318 e. The molecule has 0 spiro atoms. The lowest BCUT2D eigenvalue weighted by Gasteiger charge is -2.26. The van der Waals surface area contributed by atoms with E-state index in [1.807, 2.05) is 23.1 Å². The molecule has 1 N–H and O–H groups in total. The molecule has 0 unspecified atom stereocenters. The van der Waals surface area contributed by atoms with E-state index >= 15 is 0 Å². The molecule has 0 aliphatic carbocycles. The van der Waals surface area contributed by atoms with Gasteiger partial charge in [-0.1, -0.05) is 36.4 Å². The molecule has 6 heteroatoms. The van der Waals surface area contributed by atoms with Crippen LogP contribution in [-0.4, -0.2) is 38.8 Å². The fourth-order valence-corrected chi connectivity index (χ4v) is 3.38. The standard InChI is InChI=1S/C18H21N5O/c24-18(19-13-17-21-20-16-7-4-10-23(16)17)22-11-8-15(9-12-22)14-5-2-1-3-6-14/h1-3,5-6,8H,4,7,9-13H2,(H,19,24). The quantitative estimate of drug-likeness (QED) is 0.942. The minimum atomic E-state index is -0.0336. The first-order chi connectivity index (χ1) is 11.8. The number of amides is 2. The van der Waals surface area contributed by atoms with Crippen LogP contribution in [0.25, 0.3) is 5.57 Å². The molecule has 4 rings (SSSR count). The highest BCUT2D eigenvalue weighted by Gasteiger charge is 2.20. The minimum absolute atomic E-state index is 0.0336. The third kappa shape index (κ3) is 2.91. The molecule has 0 fully saturated rings. The number of carbonyl (C=O) groups excluding carboxylic acids is 1. The monoisotopic (exact) mass is 323 g/mol. The summed E-state index contributed by atoms with van der Waals surface area (Å²) in [6.45, 7) is 2.79. The maximum absolute atomic E-state index is 12.4. The van der Waals surface area contributed by atoms with E-state index in [-0.39, 0.29) is 6.03 Å². The van der Waals surface area contributed by atoms with Crippen molar-refractivity contribution < 1.29 is 4.79 Å². The van der Waals surface area contributed by atoms with Crippen LogP contribution in [0.1, 0.15) is 30.1 Å². The van der Waals surface area contributed by atoms with Gasteiger partial charge >= 0.3 is 6.03 Å². The van der Waals surface area contributed by atoms with Crippen molar-refractivity contribution in [3.63, 3.8) is 0 Å². The third-order valence-electron chi connectivity index (χ3n) is 4.72. The van der Waals surface area contributed by atoms with E-state index in [1.165, 1.54) is 11.1 Å². The van der Waals surface area contributed by atoms with Crippen LogP contribution in [0.2, 0.25) is 0 Å². The van der Waals surface area contributed by atoms with Crippen LogP contribution in [0, 0.1) is 0 Å². The first-order valence-electron chi connectivity index (χ1n) is 8.49. The van der Waals surface area contributed by atoms with Crippen LogP contribution in [0.3, 0.4) is 0 Å². The molecule has 0 bridgehead atoms. The molecule has 1 aromatic carbocycles. The van der Waals surface area contributed by atoms with Gasteiger partial charge in [0.1, 0.15) is 5.82 Å². The summed E-state index contributed by atoms with van der Waals surface area (Å²) in [7, 11) is 0. The summed E-state index contributed by atoms with van der Waals surface area (Å²) in [5.74, 6) is 1.89. The van der Waals surface area contributed by atoms with Crippen molar-refractivity contribution in [3.05, 3.63) is 53.6 Å². The molecule has 0 atom stereocenters. The predicted octanol–water partition coefficient (Wildman–Crippen LogP) is 2.22. The number of benzene rings is 1. The molecule has 0 radical (unpaired) electrons. The first-order valence-corrected chi connectivity index (χ1v) is 8.49. The average molecular weight is 323 g/mol. The Morgan fingerprint density at radius 3 is 2.79 bits per heavy atom. The highest BCUT2D eigenvalue weighted by Crippen LogP contribution is 2.22. The van der Waals surface area contributed by atoms with Crippen LogP contribution >= 0.6 is 0 Å². The molecule has 0 saturated carbocycles. The van der Waals surface area contributed by atoms with Crippen molar-refractivity contribution in [1.29, 1.82) is 0 Å². The largest absolute Gasteiger partial charge is 0.331 e. The van der Waals surface area contributed by atoms with Gasteiger partial charge in [0.2, 0.25) is 0 Å². The second kappa shape index (κ2) is 6.47. The fraction of sp³-hybridized carbons (Fsp3) is 0.389. The number of aromatic nitrogens is 3. The highest BCUT2D eigenvalue weighted by atomic mass is 16.2. The van der Waals surface area contributed by atoms with Gasteiger partial charge in [-0.25, -0.2) is 4.79 Å². The lowest BCUT2D eigenvalue weighted by molar-refractivity contribution is 0.202. The zero-order valence-corrected chi connectivity index (χ0v) is 13.6. The van der Waals surface area contributed by atoms with Crippen LogP contribution in [0.15, 0.2) is 36.4 Å². The molecule has 6 nitrogen and oxygen atoms in total. The number of carbonyl (C=O) groups is 1. The van der Waals surface area contributed by atoms with Gasteiger partial charge in [0.05, 0.1) is 6.54 Å². The summed E-state index contributed by atoms with van der Waals surface area (Å²) >= 11 is 0. The van der Waals surface area contributed by atoms with Crippen LogP contribution in [0.4, 0.5) is 4.79 Å². The van der Waals surface area contributed by atoms with E-state index in [0.29, 0.717) is 13.1 Å². The second-order valence-corrected chi connectivity index (χ2v) is 6.24. The van der Waals surface area contributed by atoms with E-state index < -0.39 is 0 Å². The van der Waals surface area contributed by atoms with Crippen molar-refractivity contribution in [3.8, 4) is 0 Å². The van der Waals surface area contributed by atoms with Gasteiger partial charge in [-0.05, 0) is 24.0 Å². The van der Waals surface area contributed by atoms with E-state index in [0.717, 1.165) is 44.0 Å². The molecule has 3 heterocycles. The van der Waals surface area contributed by atoms with Crippen molar-refractivity contribution >= 4 is 11.6 Å². The van der Waals surface area contributed by atoms with Gasteiger partial charge in [-0.3, -0.25) is 0 Å². The topological polar surface area (TPSA) is 63.1 Å². The van der Waals surface area contributed by atoms with Crippen LogP contribution in [-0.2, 0) is 19.5 Å². The maximum atomic E-state index is 12.4. The van der Waals surface area contributed by atoms with Crippen molar-refractivity contribution in [2.24, 2.45) is 0 Å². The summed E-state index contributed by atoms with van der Waals surface area (Å²) in [6.07, 6.45) is 5.13. The van der Waals surface area contributed by atoms with E-state index in [2.05, 4.69) is 38.3 Å². The minimum Gasteiger partial charge on any atom is -0.331 e. The van der Waals surface area contributed by atoms with Crippen LogP contribution in [0.5, 0.6) is 0 Å². The fourth-order valence-electron chi connectivity index (χ4n) is 3.38. The molecule has 0 saturated heterocycles. The maximum Gasteiger partial charge on any atom is 0.318 e. The molecule has 2 aliphatic heterocycles. The van der Waals surface area contributed by atoms with E-state index in [4.69, 9.17) is 0 Å².